The predicted molar refractivity (Wildman–Crippen MR) is 56.5 cm³/mol. The third-order valence-electron chi connectivity index (χ3n) is 2.35. The minimum absolute atomic E-state index is 0.153. The van der Waals surface area contributed by atoms with Crippen LogP contribution in [0.1, 0.15) is 34.1 Å². The Balaban J connectivity index is 2.17. The number of Topliss-reactive ketones (excluding diaryl/α,β-unsaturated/α-hetero) is 1. The van der Waals surface area contributed by atoms with Crippen molar-refractivity contribution >= 4 is 11.9 Å². The van der Waals surface area contributed by atoms with E-state index in [1.807, 2.05) is 20.8 Å². The van der Waals surface area contributed by atoms with E-state index in [1.54, 1.807) is 6.92 Å². The van der Waals surface area contributed by atoms with Gasteiger partial charge in [-0.1, -0.05) is 0 Å². The van der Waals surface area contributed by atoms with Gasteiger partial charge in [0.05, 0.1) is 0 Å². The molecular weight excluding hydrogens is 194 g/mol. The van der Waals surface area contributed by atoms with Gasteiger partial charge in [-0.05, 0) is 40.0 Å². The molecule has 0 radical (unpaired) electrons. The molecule has 1 amide bonds. The first-order valence-electron chi connectivity index (χ1n) is 5.27. The summed E-state index contributed by atoms with van der Waals surface area (Å²) >= 11 is 0. The van der Waals surface area contributed by atoms with Crippen LogP contribution in [0.3, 0.4) is 0 Å². The second-order valence-electron chi connectivity index (χ2n) is 5.10. The Bertz CT molecular complexity index is 267. The average molecular weight is 213 g/mol. The van der Waals surface area contributed by atoms with Crippen LogP contribution in [0.2, 0.25) is 0 Å². The molecule has 0 heterocycles. The highest BCUT2D eigenvalue weighted by Gasteiger charge is 2.40. The first-order valence-corrected chi connectivity index (χ1v) is 5.27. The monoisotopic (exact) mass is 213 g/mol. The van der Waals surface area contributed by atoms with Gasteiger partial charge < -0.3 is 10.1 Å². The van der Waals surface area contributed by atoms with Crippen molar-refractivity contribution < 1.29 is 14.3 Å². The number of rotatable bonds is 3. The van der Waals surface area contributed by atoms with Gasteiger partial charge in [0.25, 0.3) is 0 Å². The minimum Gasteiger partial charge on any atom is -0.444 e. The summed E-state index contributed by atoms with van der Waals surface area (Å²) in [5, 5.41) is 2.67. The van der Waals surface area contributed by atoms with Crippen molar-refractivity contribution in [3.05, 3.63) is 0 Å². The van der Waals surface area contributed by atoms with Crippen molar-refractivity contribution in [1.82, 2.24) is 5.32 Å². The first-order chi connectivity index (χ1) is 6.79. The zero-order chi connectivity index (χ0) is 11.6. The molecule has 0 spiro atoms. The van der Waals surface area contributed by atoms with E-state index in [1.165, 1.54) is 0 Å². The Morgan fingerprint density at radius 1 is 1.40 bits per heavy atom. The smallest absolute Gasteiger partial charge is 0.407 e. The standard InChI is InChI=1S/C11H19NO3/c1-7(13)9-5-8(9)6-12-10(14)15-11(2,3)4/h8-9H,5-6H2,1-4H3,(H,12,14). The summed E-state index contributed by atoms with van der Waals surface area (Å²) in [7, 11) is 0. The van der Waals surface area contributed by atoms with Gasteiger partial charge in [-0.25, -0.2) is 4.79 Å². The molecule has 1 aliphatic rings. The highest BCUT2D eigenvalue weighted by Crippen LogP contribution is 2.38. The van der Waals surface area contributed by atoms with E-state index in [9.17, 15) is 9.59 Å². The van der Waals surface area contributed by atoms with Gasteiger partial charge in [0.15, 0.2) is 0 Å². The van der Waals surface area contributed by atoms with E-state index in [0.29, 0.717) is 12.5 Å². The molecule has 1 N–H and O–H groups in total. The first kappa shape index (κ1) is 12.0. The van der Waals surface area contributed by atoms with Crippen molar-refractivity contribution in [3.63, 3.8) is 0 Å². The fourth-order valence-electron chi connectivity index (χ4n) is 1.50. The minimum atomic E-state index is -0.465. The Kier molecular flexibility index (Phi) is 3.37. The molecule has 0 aromatic rings. The largest absolute Gasteiger partial charge is 0.444 e. The molecule has 0 bridgehead atoms. The molecule has 0 saturated heterocycles. The van der Waals surface area contributed by atoms with E-state index in [0.717, 1.165) is 6.42 Å². The zero-order valence-electron chi connectivity index (χ0n) is 9.79. The van der Waals surface area contributed by atoms with E-state index in [-0.39, 0.29) is 11.7 Å². The van der Waals surface area contributed by atoms with Crippen molar-refractivity contribution in [2.45, 2.75) is 39.7 Å². The number of carbonyl (C=O) groups is 2. The van der Waals surface area contributed by atoms with Gasteiger partial charge in [-0.3, -0.25) is 4.79 Å². The second-order valence-corrected chi connectivity index (χ2v) is 5.10. The molecule has 0 aromatic carbocycles. The molecule has 1 fully saturated rings. The zero-order valence-corrected chi connectivity index (χ0v) is 9.79. The summed E-state index contributed by atoms with van der Waals surface area (Å²) in [6.07, 6.45) is 0.488. The number of hydrogen-bond donors (Lipinski definition) is 1. The quantitative estimate of drug-likeness (QED) is 0.776. The lowest BCUT2D eigenvalue weighted by Crippen LogP contribution is -2.33. The number of nitrogens with one attached hydrogen (secondary N) is 1. The number of ether oxygens (including phenoxy) is 1. The van der Waals surface area contributed by atoms with Crippen molar-refractivity contribution in [2.75, 3.05) is 6.54 Å². The fourth-order valence-corrected chi connectivity index (χ4v) is 1.50. The maximum atomic E-state index is 11.2. The highest BCUT2D eigenvalue weighted by molar-refractivity contribution is 5.81. The van der Waals surface area contributed by atoms with E-state index >= 15 is 0 Å². The van der Waals surface area contributed by atoms with Crippen LogP contribution in [0.25, 0.3) is 0 Å². The third kappa shape index (κ3) is 4.32. The van der Waals surface area contributed by atoms with Crippen LogP contribution in [0, 0.1) is 11.8 Å². The number of amides is 1. The van der Waals surface area contributed by atoms with Crippen LogP contribution in [0.5, 0.6) is 0 Å². The maximum absolute atomic E-state index is 11.2. The molecule has 0 aliphatic heterocycles. The molecule has 1 saturated carbocycles. The lowest BCUT2D eigenvalue weighted by atomic mass is 10.2. The van der Waals surface area contributed by atoms with Gasteiger partial charge >= 0.3 is 6.09 Å². The average Bonchev–Trinajstić information content (AvgIpc) is 2.75. The predicted octanol–water partition coefficient (Wildman–Crippen LogP) is 1.74. The van der Waals surface area contributed by atoms with E-state index < -0.39 is 11.7 Å². The topological polar surface area (TPSA) is 55.4 Å². The summed E-state index contributed by atoms with van der Waals surface area (Å²) in [5.41, 5.74) is -0.465. The number of hydrogen-bond acceptors (Lipinski definition) is 3. The summed E-state index contributed by atoms with van der Waals surface area (Å²) < 4.78 is 5.08. The molecular formula is C11H19NO3. The summed E-state index contributed by atoms with van der Waals surface area (Å²) in [5.74, 6) is 0.681. The lowest BCUT2D eigenvalue weighted by molar-refractivity contribution is -0.118. The van der Waals surface area contributed by atoms with Crippen LogP contribution < -0.4 is 5.32 Å². The summed E-state index contributed by atoms with van der Waals surface area (Å²) in [6, 6.07) is 0. The van der Waals surface area contributed by atoms with Crippen LogP contribution in [-0.2, 0) is 9.53 Å². The number of ketones is 1. The van der Waals surface area contributed by atoms with Crippen molar-refractivity contribution in [1.29, 1.82) is 0 Å². The van der Waals surface area contributed by atoms with Gasteiger partial charge in [0, 0.05) is 12.5 Å². The molecule has 15 heavy (non-hydrogen) atoms. The molecule has 2 unspecified atom stereocenters. The molecule has 1 rings (SSSR count). The highest BCUT2D eigenvalue weighted by atomic mass is 16.6. The van der Waals surface area contributed by atoms with Gasteiger partial charge in [-0.2, -0.15) is 0 Å². The molecule has 0 aromatic heterocycles. The maximum Gasteiger partial charge on any atom is 0.407 e. The Hall–Kier alpha value is -1.06. The fraction of sp³-hybridized carbons (Fsp3) is 0.818. The second kappa shape index (κ2) is 4.21. The number of alkyl carbamates (subject to hydrolysis) is 1. The van der Waals surface area contributed by atoms with Gasteiger partial charge in [0.2, 0.25) is 0 Å². The molecule has 4 nitrogen and oxygen atoms in total. The van der Waals surface area contributed by atoms with E-state index in [4.69, 9.17) is 4.74 Å². The Labute approximate surface area is 90.4 Å². The van der Waals surface area contributed by atoms with Crippen LogP contribution in [0.15, 0.2) is 0 Å². The Morgan fingerprint density at radius 2 is 2.00 bits per heavy atom. The van der Waals surface area contributed by atoms with E-state index in [2.05, 4.69) is 5.32 Å². The van der Waals surface area contributed by atoms with Gasteiger partial charge in [-0.15, -0.1) is 0 Å². The summed E-state index contributed by atoms with van der Waals surface area (Å²) in [4.78, 5) is 22.2. The third-order valence-corrected chi connectivity index (χ3v) is 2.35. The normalized spacial score (nSPS) is 24.5. The number of carbonyl (C=O) groups excluding carboxylic acids is 2. The van der Waals surface area contributed by atoms with Crippen LogP contribution in [0.4, 0.5) is 4.79 Å². The lowest BCUT2D eigenvalue weighted by Gasteiger charge is -2.19. The molecule has 4 heteroatoms. The molecule has 1 aliphatic carbocycles. The molecule has 2 atom stereocenters. The molecule has 86 valence electrons. The summed E-state index contributed by atoms with van der Waals surface area (Å²) in [6.45, 7) is 7.60. The van der Waals surface area contributed by atoms with Crippen molar-refractivity contribution in [3.8, 4) is 0 Å². The van der Waals surface area contributed by atoms with Gasteiger partial charge in [0.1, 0.15) is 11.4 Å². The Morgan fingerprint density at radius 3 is 2.40 bits per heavy atom. The van der Waals surface area contributed by atoms with Crippen molar-refractivity contribution in [2.24, 2.45) is 11.8 Å². The van der Waals surface area contributed by atoms with Crippen LogP contribution >= 0.6 is 0 Å². The van der Waals surface area contributed by atoms with Crippen LogP contribution in [-0.4, -0.2) is 24.0 Å². The SMILES string of the molecule is CC(=O)C1CC1CNC(=O)OC(C)(C)C.